The molecule has 0 unspecified atom stereocenters. The number of H-pyrrole nitrogens is 1. The lowest BCUT2D eigenvalue weighted by Gasteiger charge is -2.37. The minimum absolute atomic E-state index is 0.0318. The molecule has 14 heteroatoms. The summed E-state index contributed by atoms with van der Waals surface area (Å²) < 4.78 is 48.6. The Balaban J connectivity index is 1.10. The minimum atomic E-state index is -4.59. The van der Waals surface area contributed by atoms with E-state index in [1.54, 1.807) is 12.3 Å². The third kappa shape index (κ3) is 6.79. The standard InChI is InChI=1S/C29H32F3N9O2/c30-29(31,32)25-10-19(13-39-16-22(42)17-39)11-26(38-25)43-23-4-8-40(9-5-23)21(2-1-6-33)15-41-14-20(12-37-41)27-24-3-7-34-28(24)36-18-35-27/h3,7,10-12,14,18,21-23,42H,1-2,4-5,8-9,13,15-17H2,(H,34,35,36)/t21-/m0/s1. The van der Waals surface area contributed by atoms with Crippen molar-refractivity contribution < 1.29 is 23.0 Å². The van der Waals surface area contributed by atoms with E-state index in [2.05, 4.69) is 36.0 Å². The second-order valence-electron chi connectivity index (χ2n) is 11.2. The minimum Gasteiger partial charge on any atom is -0.474 e. The van der Waals surface area contributed by atoms with Crippen LogP contribution in [0.1, 0.15) is 36.9 Å². The first kappa shape index (κ1) is 29.0. The number of pyridine rings is 1. The molecule has 2 N–H and O–H groups in total. The Kier molecular flexibility index (Phi) is 8.29. The van der Waals surface area contributed by atoms with E-state index in [4.69, 9.17) is 4.74 Å². The van der Waals surface area contributed by atoms with Crippen LogP contribution >= 0.6 is 0 Å². The number of hydrogen-bond acceptors (Lipinski definition) is 9. The van der Waals surface area contributed by atoms with Crippen LogP contribution in [-0.2, 0) is 19.3 Å². The van der Waals surface area contributed by atoms with Gasteiger partial charge in [-0.3, -0.25) is 14.5 Å². The normalized spacial score (nSPS) is 18.0. The van der Waals surface area contributed by atoms with E-state index < -0.39 is 18.0 Å². The number of halogens is 3. The molecule has 2 aliphatic heterocycles. The van der Waals surface area contributed by atoms with Crippen molar-refractivity contribution >= 4 is 11.0 Å². The molecule has 43 heavy (non-hydrogen) atoms. The Labute approximate surface area is 245 Å². The topological polar surface area (TPSA) is 132 Å². The number of likely N-dealkylation sites (tertiary alicyclic amines) is 2. The maximum absolute atomic E-state index is 13.6. The number of ether oxygens (including phenoxy) is 1. The van der Waals surface area contributed by atoms with Crippen LogP contribution < -0.4 is 4.74 Å². The van der Waals surface area contributed by atoms with Gasteiger partial charge in [-0.2, -0.15) is 23.5 Å². The van der Waals surface area contributed by atoms with Crippen LogP contribution in [0, 0.1) is 11.3 Å². The summed E-state index contributed by atoms with van der Waals surface area (Å²) in [6, 6.07) is 6.83. The lowest BCUT2D eigenvalue weighted by atomic mass is 10.0. The monoisotopic (exact) mass is 595 g/mol. The van der Waals surface area contributed by atoms with Gasteiger partial charge in [-0.25, -0.2) is 15.0 Å². The lowest BCUT2D eigenvalue weighted by Crippen LogP contribution is -2.49. The Morgan fingerprint density at radius 2 is 2.00 bits per heavy atom. The Morgan fingerprint density at radius 1 is 1.19 bits per heavy atom. The largest absolute Gasteiger partial charge is 0.474 e. The predicted molar refractivity (Wildman–Crippen MR) is 149 cm³/mol. The van der Waals surface area contributed by atoms with Gasteiger partial charge >= 0.3 is 6.18 Å². The van der Waals surface area contributed by atoms with Crippen LogP contribution in [0.4, 0.5) is 13.2 Å². The van der Waals surface area contributed by atoms with Crippen LogP contribution in [0.3, 0.4) is 0 Å². The van der Waals surface area contributed by atoms with Gasteiger partial charge in [-0.15, -0.1) is 0 Å². The zero-order valence-electron chi connectivity index (χ0n) is 23.4. The molecule has 0 amide bonds. The van der Waals surface area contributed by atoms with Crippen LogP contribution in [0.2, 0.25) is 0 Å². The number of β-amino-alcohol motifs (C(OH)–C–C–N with tert-alkyl or cyclic N) is 1. The summed E-state index contributed by atoms with van der Waals surface area (Å²) in [6.07, 6.45) is 4.04. The smallest absolute Gasteiger partial charge is 0.433 e. The number of aromatic nitrogens is 6. The fourth-order valence-electron chi connectivity index (χ4n) is 5.84. The van der Waals surface area contributed by atoms with Crippen molar-refractivity contribution in [2.45, 2.75) is 63.2 Å². The third-order valence-electron chi connectivity index (χ3n) is 8.02. The van der Waals surface area contributed by atoms with E-state index >= 15 is 0 Å². The number of hydrogen-bond donors (Lipinski definition) is 2. The SMILES string of the molecule is N#CCC[C@@H](Cn1cc(-c2ncnc3[nH]ccc23)cn1)N1CCC(Oc2cc(CN3CC(O)C3)cc(C(F)(F)F)n2)CC1. The van der Waals surface area contributed by atoms with E-state index in [-0.39, 0.29) is 18.0 Å². The molecule has 1 atom stereocenters. The molecule has 0 saturated carbocycles. The summed E-state index contributed by atoms with van der Waals surface area (Å²) in [5.41, 5.74) is 1.89. The molecular formula is C29H32F3N9O2. The van der Waals surface area contributed by atoms with E-state index in [9.17, 15) is 23.5 Å². The fourth-order valence-corrected chi connectivity index (χ4v) is 5.84. The number of alkyl halides is 3. The maximum atomic E-state index is 13.6. The molecule has 0 aromatic carbocycles. The second kappa shape index (κ2) is 12.3. The summed E-state index contributed by atoms with van der Waals surface area (Å²) in [7, 11) is 0. The van der Waals surface area contributed by atoms with Gasteiger partial charge in [0.25, 0.3) is 0 Å². The van der Waals surface area contributed by atoms with Crippen molar-refractivity contribution in [1.29, 1.82) is 5.26 Å². The Hall–Kier alpha value is -4.06. The number of fused-ring (bicyclic) bond motifs is 1. The number of aliphatic hydroxyl groups excluding tert-OH is 1. The fraction of sp³-hybridized carbons (Fsp3) is 0.483. The van der Waals surface area contributed by atoms with Crippen LogP contribution in [0.25, 0.3) is 22.3 Å². The first-order chi connectivity index (χ1) is 20.7. The molecule has 2 aliphatic rings. The van der Waals surface area contributed by atoms with Crippen LogP contribution in [0.15, 0.2) is 43.1 Å². The predicted octanol–water partition coefficient (Wildman–Crippen LogP) is 3.63. The van der Waals surface area contributed by atoms with E-state index in [1.807, 2.05) is 28.0 Å². The van der Waals surface area contributed by atoms with Gasteiger partial charge in [0.2, 0.25) is 5.88 Å². The summed E-state index contributed by atoms with van der Waals surface area (Å²) in [4.78, 5) is 19.7. The number of aromatic amines is 1. The number of nitrogens with zero attached hydrogens (tertiary/aromatic N) is 8. The van der Waals surface area contributed by atoms with E-state index in [0.29, 0.717) is 70.5 Å². The molecule has 2 fully saturated rings. The molecule has 0 radical (unpaired) electrons. The van der Waals surface area contributed by atoms with Gasteiger partial charge in [-0.05, 0) is 37.0 Å². The molecule has 4 aromatic rings. The van der Waals surface area contributed by atoms with Gasteiger partial charge in [0.1, 0.15) is 23.8 Å². The van der Waals surface area contributed by atoms with Gasteiger partial charge in [0, 0.05) is 74.6 Å². The first-order valence-corrected chi connectivity index (χ1v) is 14.3. The Morgan fingerprint density at radius 3 is 2.74 bits per heavy atom. The summed E-state index contributed by atoms with van der Waals surface area (Å²) in [6.45, 7) is 3.08. The van der Waals surface area contributed by atoms with Gasteiger partial charge in [-0.1, -0.05) is 0 Å². The van der Waals surface area contributed by atoms with Crippen molar-refractivity contribution in [3.8, 4) is 23.2 Å². The molecule has 11 nitrogen and oxygen atoms in total. The van der Waals surface area contributed by atoms with Crippen molar-refractivity contribution in [2.24, 2.45) is 0 Å². The first-order valence-electron chi connectivity index (χ1n) is 14.3. The molecule has 2 saturated heterocycles. The van der Waals surface area contributed by atoms with Gasteiger partial charge in [0.05, 0.1) is 30.6 Å². The van der Waals surface area contributed by atoms with Crippen molar-refractivity contribution in [3.05, 3.63) is 54.4 Å². The van der Waals surface area contributed by atoms with Crippen LogP contribution in [0.5, 0.6) is 5.88 Å². The van der Waals surface area contributed by atoms with Gasteiger partial charge in [0.15, 0.2) is 0 Å². The highest BCUT2D eigenvalue weighted by Gasteiger charge is 2.35. The third-order valence-corrected chi connectivity index (χ3v) is 8.02. The van der Waals surface area contributed by atoms with E-state index in [1.165, 1.54) is 6.33 Å². The molecular weight excluding hydrogens is 563 g/mol. The number of rotatable bonds is 10. The highest BCUT2D eigenvalue weighted by Crippen LogP contribution is 2.32. The maximum Gasteiger partial charge on any atom is 0.433 e. The number of piperidine rings is 1. The lowest BCUT2D eigenvalue weighted by molar-refractivity contribution is -0.141. The number of nitriles is 1. The van der Waals surface area contributed by atoms with Gasteiger partial charge < -0.3 is 14.8 Å². The molecule has 0 aliphatic carbocycles. The van der Waals surface area contributed by atoms with E-state index in [0.717, 1.165) is 28.4 Å². The second-order valence-corrected chi connectivity index (χ2v) is 11.2. The zero-order chi connectivity index (χ0) is 30.0. The van der Waals surface area contributed by atoms with Crippen molar-refractivity contribution in [3.63, 3.8) is 0 Å². The average molecular weight is 596 g/mol. The Bertz CT molecular complexity index is 1580. The molecule has 4 aromatic heterocycles. The highest BCUT2D eigenvalue weighted by atomic mass is 19.4. The molecule has 0 spiro atoms. The summed E-state index contributed by atoms with van der Waals surface area (Å²) in [5.74, 6) is -0.0318. The number of nitrogens with one attached hydrogen (secondary N) is 1. The van der Waals surface area contributed by atoms with Crippen LogP contribution in [-0.4, -0.2) is 89.1 Å². The summed E-state index contributed by atoms with van der Waals surface area (Å²) >= 11 is 0. The summed E-state index contributed by atoms with van der Waals surface area (Å²) in [5, 5.41) is 24.3. The quantitative estimate of drug-likeness (QED) is 0.282. The zero-order valence-corrected chi connectivity index (χ0v) is 23.4. The van der Waals surface area contributed by atoms with Crippen molar-refractivity contribution in [1.82, 2.24) is 39.5 Å². The van der Waals surface area contributed by atoms with Crippen molar-refractivity contribution in [2.75, 3.05) is 26.2 Å². The molecule has 226 valence electrons. The molecule has 6 rings (SSSR count). The molecule has 6 heterocycles. The number of aliphatic hydroxyl groups is 1. The average Bonchev–Trinajstić information content (AvgIpc) is 3.64. The molecule has 0 bridgehead atoms. The highest BCUT2D eigenvalue weighted by molar-refractivity contribution is 5.89.